The smallest absolute Gasteiger partial charge is 0.308 e. The van der Waals surface area contributed by atoms with Crippen molar-refractivity contribution in [3.63, 3.8) is 0 Å². The summed E-state index contributed by atoms with van der Waals surface area (Å²) in [4.78, 5) is 23.7. The van der Waals surface area contributed by atoms with E-state index in [9.17, 15) is 19.8 Å². The standard InChI is InChI=1S/C19H28O6/c1-6-14(5)18(22)25-11-19(23,10-24-17(21)12(2)3)15-8-7-13(4)9-16(15)20/h7-9,12,14,20,23H,6,10-11H2,1-5H3/t14-,19-/m1/s1. The maximum atomic E-state index is 11.9. The lowest BCUT2D eigenvalue weighted by molar-refractivity contribution is -0.168. The van der Waals surface area contributed by atoms with Crippen molar-refractivity contribution in [2.45, 2.75) is 46.6 Å². The second-order valence-electron chi connectivity index (χ2n) is 6.73. The number of aromatic hydroxyl groups is 1. The Kier molecular flexibility index (Phi) is 7.42. The lowest BCUT2D eigenvalue weighted by Gasteiger charge is -2.29. The van der Waals surface area contributed by atoms with E-state index in [4.69, 9.17) is 9.47 Å². The number of phenols is 1. The van der Waals surface area contributed by atoms with Gasteiger partial charge in [0.1, 0.15) is 19.0 Å². The average molecular weight is 352 g/mol. The van der Waals surface area contributed by atoms with Crippen LogP contribution in [0.2, 0.25) is 0 Å². The first-order valence-corrected chi connectivity index (χ1v) is 8.46. The predicted octanol–water partition coefficient (Wildman–Crippen LogP) is 2.68. The van der Waals surface area contributed by atoms with Crippen molar-refractivity contribution in [1.82, 2.24) is 0 Å². The van der Waals surface area contributed by atoms with Crippen molar-refractivity contribution in [3.05, 3.63) is 29.3 Å². The third-order valence-corrected chi connectivity index (χ3v) is 4.05. The van der Waals surface area contributed by atoms with Crippen LogP contribution < -0.4 is 0 Å². The van der Waals surface area contributed by atoms with Gasteiger partial charge in [-0.1, -0.05) is 39.8 Å². The van der Waals surface area contributed by atoms with Crippen molar-refractivity contribution in [2.24, 2.45) is 11.8 Å². The number of hydrogen-bond donors (Lipinski definition) is 2. The molecule has 1 rings (SSSR count). The molecule has 2 atom stereocenters. The van der Waals surface area contributed by atoms with E-state index in [2.05, 4.69) is 0 Å². The van der Waals surface area contributed by atoms with Gasteiger partial charge in [0.05, 0.1) is 11.8 Å². The molecule has 0 radical (unpaired) electrons. The molecule has 0 spiro atoms. The molecule has 0 heterocycles. The Morgan fingerprint density at radius 3 is 2.16 bits per heavy atom. The summed E-state index contributed by atoms with van der Waals surface area (Å²) >= 11 is 0. The molecule has 2 N–H and O–H groups in total. The summed E-state index contributed by atoms with van der Waals surface area (Å²) in [6.45, 7) is 7.89. The van der Waals surface area contributed by atoms with Crippen LogP contribution in [-0.4, -0.2) is 35.4 Å². The minimum Gasteiger partial charge on any atom is -0.508 e. The molecule has 0 saturated heterocycles. The monoisotopic (exact) mass is 352 g/mol. The second kappa shape index (κ2) is 8.85. The molecule has 1 aromatic carbocycles. The van der Waals surface area contributed by atoms with Crippen LogP contribution in [0.25, 0.3) is 0 Å². The van der Waals surface area contributed by atoms with E-state index in [0.717, 1.165) is 5.56 Å². The number of esters is 2. The van der Waals surface area contributed by atoms with Crippen LogP contribution >= 0.6 is 0 Å². The van der Waals surface area contributed by atoms with Gasteiger partial charge in [0.2, 0.25) is 0 Å². The number of ether oxygens (including phenoxy) is 2. The highest BCUT2D eigenvalue weighted by molar-refractivity contribution is 5.72. The minimum atomic E-state index is -1.83. The van der Waals surface area contributed by atoms with Gasteiger partial charge in [0, 0.05) is 5.56 Å². The maximum Gasteiger partial charge on any atom is 0.308 e. The molecule has 6 heteroatoms. The van der Waals surface area contributed by atoms with E-state index < -0.39 is 30.8 Å². The van der Waals surface area contributed by atoms with Crippen LogP contribution in [0.3, 0.4) is 0 Å². The highest BCUT2D eigenvalue weighted by Gasteiger charge is 2.36. The van der Waals surface area contributed by atoms with Crippen LogP contribution in [0.5, 0.6) is 5.75 Å². The Morgan fingerprint density at radius 1 is 1.12 bits per heavy atom. The molecule has 0 aliphatic carbocycles. The quantitative estimate of drug-likeness (QED) is 0.699. The van der Waals surface area contributed by atoms with Crippen LogP contribution in [0.15, 0.2) is 18.2 Å². The second-order valence-corrected chi connectivity index (χ2v) is 6.73. The fraction of sp³-hybridized carbons (Fsp3) is 0.579. The summed E-state index contributed by atoms with van der Waals surface area (Å²) in [5.41, 5.74) is -0.878. The van der Waals surface area contributed by atoms with Gasteiger partial charge in [0.15, 0.2) is 5.60 Å². The first-order chi connectivity index (χ1) is 11.6. The van der Waals surface area contributed by atoms with Gasteiger partial charge in [-0.05, 0) is 25.0 Å². The van der Waals surface area contributed by atoms with Crippen LogP contribution in [0, 0.1) is 18.8 Å². The fourth-order valence-corrected chi connectivity index (χ4v) is 2.09. The number of carbonyl (C=O) groups excluding carboxylic acids is 2. The van der Waals surface area contributed by atoms with Gasteiger partial charge in [-0.25, -0.2) is 0 Å². The lowest BCUT2D eigenvalue weighted by Crippen LogP contribution is -2.39. The molecule has 0 aromatic heterocycles. The molecule has 140 valence electrons. The van der Waals surface area contributed by atoms with Crippen molar-refractivity contribution >= 4 is 11.9 Å². The normalized spacial score (nSPS) is 14.7. The zero-order valence-corrected chi connectivity index (χ0v) is 15.5. The summed E-state index contributed by atoms with van der Waals surface area (Å²) in [6, 6.07) is 4.73. The van der Waals surface area contributed by atoms with E-state index in [1.165, 1.54) is 12.1 Å². The van der Waals surface area contributed by atoms with Gasteiger partial charge in [-0.3, -0.25) is 9.59 Å². The molecular formula is C19H28O6. The molecule has 0 aliphatic heterocycles. The maximum absolute atomic E-state index is 11.9. The van der Waals surface area contributed by atoms with E-state index in [-0.39, 0.29) is 23.1 Å². The van der Waals surface area contributed by atoms with E-state index in [1.807, 2.05) is 6.92 Å². The zero-order chi connectivity index (χ0) is 19.2. The van der Waals surface area contributed by atoms with Gasteiger partial charge >= 0.3 is 11.9 Å². The highest BCUT2D eigenvalue weighted by Crippen LogP contribution is 2.31. The molecule has 0 amide bonds. The number of hydrogen-bond acceptors (Lipinski definition) is 6. The lowest BCUT2D eigenvalue weighted by atomic mass is 9.93. The minimum absolute atomic E-state index is 0.145. The molecule has 0 unspecified atom stereocenters. The van der Waals surface area contributed by atoms with Crippen LogP contribution in [0.1, 0.15) is 45.2 Å². The topological polar surface area (TPSA) is 93.1 Å². The third kappa shape index (κ3) is 5.74. The number of rotatable bonds is 8. The van der Waals surface area contributed by atoms with Gasteiger partial charge in [-0.2, -0.15) is 0 Å². The Labute approximate surface area is 148 Å². The van der Waals surface area contributed by atoms with Gasteiger partial charge < -0.3 is 19.7 Å². The number of phenolic OH excluding ortho intramolecular Hbond substituents is 1. The number of carbonyl (C=O) groups is 2. The van der Waals surface area contributed by atoms with E-state index in [0.29, 0.717) is 6.42 Å². The van der Waals surface area contributed by atoms with E-state index >= 15 is 0 Å². The van der Waals surface area contributed by atoms with Crippen molar-refractivity contribution in [2.75, 3.05) is 13.2 Å². The molecule has 0 saturated carbocycles. The largest absolute Gasteiger partial charge is 0.508 e. The van der Waals surface area contributed by atoms with Crippen molar-refractivity contribution in [3.8, 4) is 5.75 Å². The van der Waals surface area contributed by atoms with Gasteiger partial charge in [-0.15, -0.1) is 0 Å². The third-order valence-electron chi connectivity index (χ3n) is 4.05. The molecule has 6 nitrogen and oxygen atoms in total. The summed E-state index contributed by atoms with van der Waals surface area (Å²) < 4.78 is 10.3. The highest BCUT2D eigenvalue weighted by atomic mass is 16.6. The van der Waals surface area contributed by atoms with Crippen LogP contribution in [0.4, 0.5) is 0 Å². The summed E-state index contributed by atoms with van der Waals surface area (Å²) in [5.74, 6) is -1.77. The molecule has 1 aromatic rings. The molecular weight excluding hydrogens is 324 g/mol. The molecule has 0 bridgehead atoms. The molecule has 25 heavy (non-hydrogen) atoms. The van der Waals surface area contributed by atoms with Crippen LogP contribution in [-0.2, 0) is 24.7 Å². The Balaban J connectivity index is 3.04. The Morgan fingerprint density at radius 2 is 1.68 bits per heavy atom. The van der Waals surface area contributed by atoms with Crippen molar-refractivity contribution < 1.29 is 29.3 Å². The Bertz CT molecular complexity index is 610. The number of aryl methyl sites for hydroxylation is 1. The zero-order valence-electron chi connectivity index (χ0n) is 15.5. The number of aliphatic hydroxyl groups is 1. The summed E-state index contributed by atoms with van der Waals surface area (Å²) in [6.07, 6.45) is 0.607. The summed E-state index contributed by atoms with van der Waals surface area (Å²) in [7, 11) is 0. The first-order valence-electron chi connectivity index (χ1n) is 8.46. The SMILES string of the molecule is CC[C@@H](C)C(=O)OC[C@](O)(COC(=O)C(C)C)c1ccc(C)cc1O. The predicted molar refractivity (Wildman–Crippen MR) is 93.0 cm³/mol. The Hall–Kier alpha value is -2.08. The average Bonchev–Trinajstić information content (AvgIpc) is 2.56. The summed E-state index contributed by atoms with van der Waals surface area (Å²) in [5, 5.41) is 21.2. The molecule has 0 fully saturated rings. The van der Waals surface area contributed by atoms with E-state index in [1.54, 1.807) is 33.8 Å². The first kappa shape index (κ1) is 21.0. The molecule has 0 aliphatic rings. The fourth-order valence-electron chi connectivity index (χ4n) is 2.09. The van der Waals surface area contributed by atoms with Gasteiger partial charge in [0.25, 0.3) is 0 Å². The van der Waals surface area contributed by atoms with Crippen molar-refractivity contribution in [1.29, 1.82) is 0 Å². The number of benzene rings is 1.